The van der Waals surface area contributed by atoms with E-state index in [-0.39, 0.29) is 0 Å². The molecule has 0 N–H and O–H groups in total. The number of aromatic nitrogens is 2. The Hall–Kier alpha value is -6.64. The normalized spacial score (nSPS) is 11.3. The summed E-state index contributed by atoms with van der Waals surface area (Å²) in [7, 11) is 0. The topological polar surface area (TPSA) is 9.86 Å². The molecule has 2 heterocycles. The molecule has 10 rings (SSSR count). The minimum Gasteiger partial charge on any atom is -0.309 e. The number of benzene rings is 8. The second kappa shape index (κ2) is 13.2. The van der Waals surface area contributed by atoms with E-state index in [0.29, 0.717) is 0 Å². The third-order valence-corrected chi connectivity index (χ3v) is 10.1. The summed E-state index contributed by atoms with van der Waals surface area (Å²) in [5.41, 5.74) is 14.4. The molecule has 0 saturated heterocycles. The van der Waals surface area contributed by atoms with Gasteiger partial charge in [0.1, 0.15) is 0 Å². The lowest BCUT2D eigenvalue weighted by Crippen LogP contribution is -1.94. The van der Waals surface area contributed by atoms with Gasteiger partial charge in [-0.05, 0) is 94.0 Å². The Balaban J connectivity index is 0.00000177. The predicted molar refractivity (Wildman–Crippen MR) is 223 cm³/mol. The molecule has 248 valence electrons. The van der Waals surface area contributed by atoms with Crippen LogP contribution < -0.4 is 0 Å². The van der Waals surface area contributed by atoms with Crippen molar-refractivity contribution in [3.05, 3.63) is 194 Å². The van der Waals surface area contributed by atoms with Gasteiger partial charge in [-0.1, -0.05) is 147 Å². The highest BCUT2D eigenvalue weighted by Crippen LogP contribution is 2.39. The van der Waals surface area contributed by atoms with E-state index >= 15 is 0 Å². The zero-order chi connectivity index (χ0) is 35.0. The van der Waals surface area contributed by atoms with Crippen LogP contribution in [0.1, 0.15) is 13.8 Å². The van der Waals surface area contributed by atoms with Gasteiger partial charge < -0.3 is 9.13 Å². The van der Waals surface area contributed by atoms with E-state index < -0.39 is 0 Å². The predicted octanol–water partition coefficient (Wildman–Crippen LogP) is 13.9. The van der Waals surface area contributed by atoms with Crippen LogP contribution in [0.15, 0.2) is 194 Å². The van der Waals surface area contributed by atoms with Gasteiger partial charge in [0.2, 0.25) is 0 Å². The first-order valence-electron chi connectivity index (χ1n) is 18.2. The first-order valence-corrected chi connectivity index (χ1v) is 18.2. The van der Waals surface area contributed by atoms with Crippen molar-refractivity contribution in [3.8, 4) is 44.8 Å². The fourth-order valence-corrected chi connectivity index (χ4v) is 7.77. The highest BCUT2D eigenvalue weighted by atomic mass is 15.0. The van der Waals surface area contributed by atoms with Gasteiger partial charge in [0, 0.05) is 32.9 Å². The molecule has 0 aliphatic rings. The maximum Gasteiger partial charge on any atom is 0.0541 e. The Labute approximate surface area is 304 Å². The summed E-state index contributed by atoms with van der Waals surface area (Å²) in [6.45, 7) is 4.00. The van der Waals surface area contributed by atoms with E-state index in [1.54, 1.807) is 0 Å². The average Bonchev–Trinajstić information content (AvgIpc) is 3.74. The molecule has 0 unspecified atom stereocenters. The minimum absolute atomic E-state index is 1.16. The molecule has 0 aliphatic heterocycles. The van der Waals surface area contributed by atoms with Gasteiger partial charge in [0.25, 0.3) is 0 Å². The highest BCUT2D eigenvalue weighted by Gasteiger charge is 2.16. The molecule has 0 radical (unpaired) electrons. The van der Waals surface area contributed by atoms with Crippen molar-refractivity contribution in [2.75, 3.05) is 0 Å². The molecule has 0 aliphatic carbocycles. The summed E-state index contributed by atoms with van der Waals surface area (Å²) >= 11 is 0. The van der Waals surface area contributed by atoms with Crippen LogP contribution in [-0.4, -0.2) is 9.13 Å². The van der Waals surface area contributed by atoms with Crippen molar-refractivity contribution < 1.29 is 0 Å². The molecule has 2 nitrogen and oxygen atoms in total. The number of hydrogen-bond acceptors (Lipinski definition) is 0. The fraction of sp³-hybridized carbons (Fsp3) is 0.0400. The molecule has 0 fully saturated rings. The van der Waals surface area contributed by atoms with Crippen LogP contribution in [0.25, 0.3) is 88.4 Å². The standard InChI is InChI=1S/C48H32N2.C2H6/c1-3-13-33(14-4-1)35-17-11-19-39(29-35)49-45-23-9-7-21-41(45)43-31-37(25-27-47(43)49)38-26-28-48-44(32-38)42-22-8-10-24-46(42)50(48)40-20-12-18-36(30-40)34-15-5-2-6-16-34;1-2/h1-32H;1-2H3. The van der Waals surface area contributed by atoms with Crippen LogP contribution in [0.5, 0.6) is 0 Å². The summed E-state index contributed by atoms with van der Waals surface area (Å²) in [5, 5.41) is 5.02. The lowest BCUT2D eigenvalue weighted by atomic mass is 10.0. The van der Waals surface area contributed by atoms with Crippen molar-refractivity contribution in [1.82, 2.24) is 9.13 Å². The van der Waals surface area contributed by atoms with Crippen LogP contribution in [-0.2, 0) is 0 Å². The summed E-state index contributed by atoms with van der Waals surface area (Å²) in [6.07, 6.45) is 0. The summed E-state index contributed by atoms with van der Waals surface area (Å²) in [4.78, 5) is 0. The lowest BCUT2D eigenvalue weighted by molar-refractivity contribution is 1.18. The van der Waals surface area contributed by atoms with Crippen LogP contribution in [0.2, 0.25) is 0 Å². The molecule has 0 saturated carbocycles. The van der Waals surface area contributed by atoms with Gasteiger partial charge in [-0.3, -0.25) is 0 Å². The van der Waals surface area contributed by atoms with E-state index in [1.807, 2.05) is 13.8 Å². The number of hydrogen-bond donors (Lipinski definition) is 0. The van der Waals surface area contributed by atoms with Gasteiger partial charge in [-0.2, -0.15) is 0 Å². The van der Waals surface area contributed by atoms with Crippen LogP contribution >= 0.6 is 0 Å². The Morgan fingerprint density at radius 1 is 0.250 bits per heavy atom. The minimum atomic E-state index is 1.16. The Morgan fingerprint density at radius 2 is 0.596 bits per heavy atom. The van der Waals surface area contributed by atoms with Crippen molar-refractivity contribution in [2.24, 2.45) is 0 Å². The highest BCUT2D eigenvalue weighted by molar-refractivity contribution is 6.12. The molecule has 10 aromatic rings. The molecule has 0 atom stereocenters. The molecule has 0 spiro atoms. The largest absolute Gasteiger partial charge is 0.309 e. The van der Waals surface area contributed by atoms with Gasteiger partial charge in [-0.25, -0.2) is 0 Å². The second-order valence-corrected chi connectivity index (χ2v) is 13.0. The first kappa shape index (κ1) is 31.3. The molecular weight excluding hydrogens is 629 g/mol. The van der Waals surface area contributed by atoms with E-state index in [0.717, 1.165) is 11.4 Å². The zero-order valence-corrected chi connectivity index (χ0v) is 29.4. The van der Waals surface area contributed by atoms with E-state index in [2.05, 4.69) is 203 Å². The van der Waals surface area contributed by atoms with Gasteiger partial charge >= 0.3 is 0 Å². The van der Waals surface area contributed by atoms with Crippen LogP contribution in [0.4, 0.5) is 0 Å². The summed E-state index contributed by atoms with van der Waals surface area (Å²) in [6, 6.07) is 70.4. The molecular formula is C50H38N2. The van der Waals surface area contributed by atoms with E-state index in [1.165, 1.54) is 77.0 Å². The Kier molecular flexibility index (Phi) is 7.98. The van der Waals surface area contributed by atoms with Crippen LogP contribution in [0, 0.1) is 0 Å². The fourth-order valence-electron chi connectivity index (χ4n) is 7.77. The van der Waals surface area contributed by atoms with Gasteiger partial charge in [0.15, 0.2) is 0 Å². The zero-order valence-electron chi connectivity index (χ0n) is 29.4. The van der Waals surface area contributed by atoms with Gasteiger partial charge in [0.05, 0.1) is 22.1 Å². The van der Waals surface area contributed by atoms with Crippen LogP contribution in [0.3, 0.4) is 0 Å². The van der Waals surface area contributed by atoms with Crippen molar-refractivity contribution in [3.63, 3.8) is 0 Å². The third kappa shape index (κ3) is 5.28. The summed E-state index contributed by atoms with van der Waals surface area (Å²) in [5.74, 6) is 0. The Morgan fingerprint density at radius 3 is 1.04 bits per heavy atom. The Bertz CT molecular complexity index is 2660. The molecule has 52 heavy (non-hydrogen) atoms. The smallest absolute Gasteiger partial charge is 0.0541 e. The van der Waals surface area contributed by atoms with E-state index in [4.69, 9.17) is 0 Å². The second-order valence-electron chi connectivity index (χ2n) is 13.0. The quantitative estimate of drug-likeness (QED) is 0.173. The summed E-state index contributed by atoms with van der Waals surface area (Å²) < 4.78 is 4.81. The number of fused-ring (bicyclic) bond motifs is 6. The molecule has 0 bridgehead atoms. The number of para-hydroxylation sites is 2. The maximum atomic E-state index is 2.40. The SMILES string of the molecule is CC.c1ccc(-c2cccc(-n3c4ccccc4c4cc(-c5ccc6c(c5)c5ccccc5n6-c5cccc(-c6ccccc6)c5)ccc43)c2)cc1. The molecule has 8 aromatic carbocycles. The number of rotatable bonds is 5. The van der Waals surface area contributed by atoms with Crippen molar-refractivity contribution >= 4 is 43.6 Å². The average molecular weight is 667 g/mol. The lowest BCUT2D eigenvalue weighted by Gasteiger charge is -2.11. The molecule has 2 heteroatoms. The molecule has 2 aromatic heterocycles. The van der Waals surface area contributed by atoms with Gasteiger partial charge in [-0.15, -0.1) is 0 Å². The monoisotopic (exact) mass is 666 g/mol. The maximum absolute atomic E-state index is 2.40. The van der Waals surface area contributed by atoms with Crippen molar-refractivity contribution in [2.45, 2.75) is 13.8 Å². The molecule has 0 amide bonds. The van der Waals surface area contributed by atoms with E-state index in [9.17, 15) is 0 Å². The third-order valence-electron chi connectivity index (χ3n) is 10.1. The van der Waals surface area contributed by atoms with Crippen molar-refractivity contribution in [1.29, 1.82) is 0 Å². The number of nitrogens with zero attached hydrogens (tertiary/aromatic N) is 2. The first-order chi connectivity index (χ1) is 25.8.